The number of halogens is 1. The van der Waals surface area contributed by atoms with Crippen molar-refractivity contribution in [2.45, 2.75) is 19.4 Å². The average Bonchev–Trinajstić information content (AvgIpc) is 2.97. The average molecular weight is 288 g/mol. The van der Waals surface area contributed by atoms with Crippen LogP contribution < -0.4 is 0 Å². The highest BCUT2D eigenvalue weighted by Crippen LogP contribution is 2.21. The molecule has 5 heteroatoms. The molecule has 0 radical (unpaired) electrons. The maximum Gasteiger partial charge on any atom is 0.226 e. The van der Waals surface area contributed by atoms with Gasteiger partial charge < -0.3 is 9.21 Å². The fourth-order valence-corrected chi connectivity index (χ4v) is 2.61. The summed E-state index contributed by atoms with van der Waals surface area (Å²) in [4.78, 5) is 17.4. The molecule has 1 fully saturated rings. The lowest BCUT2D eigenvalue weighted by molar-refractivity contribution is -0.112. The number of benzene rings is 1. The summed E-state index contributed by atoms with van der Waals surface area (Å²) in [5, 5.41) is 0. The SMILES string of the molecule is O=CC1CCN(Cc2coc(-c3cccc(F)c3)n2)CC1. The molecule has 1 aromatic carbocycles. The molecule has 1 aliphatic rings. The Labute approximate surface area is 122 Å². The molecule has 1 aromatic heterocycles. The van der Waals surface area contributed by atoms with Crippen LogP contribution in [0.25, 0.3) is 11.5 Å². The number of likely N-dealkylation sites (tertiary alicyclic amines) is 1. The van der Waals surface area contributed by atoms with E-state index in [2.05, 4.69) is 9.88 Å². The maximum atomic E-state index is 13.2. The first-order chi connectivity index (χ1) is 10.2. The Morgan fingerprint density at radius 2 is 2.19 bits per heavy atom. The lowest BCUT2D eigenvalue weighted by atomic mass is 9.99. The van der Waals surface area contributed by atoms with Crippen LogP contribution in [0.15, 0.2) is 34.9 Å². The van der Waals surface area contributed by atoms with Gasteiger partial charge in [0, 0.05) is 18.0 Å². The molecular weight excluding hydrogens is 271 g/mol. The first kappa shape index (κ1) is 13.9. The Morgan fingerprint density at radius 3 is 2.90 bits per heavy atom. The van der Waals surface area contributed by atoms with E-state index in [9.17, 15) is 9.18 Å². The van der Waals surface area contributed by atoms with Gasteiger partial charge in [-0.05, 0) is 44.1 Å². The zero-order chi connectivity index (χ0) is 14.7. The van der Waals surface area contributed by atoms with Crippen LogP contribution in [0.5, 0.6) is 0 Å². The Bertz CT molecular complexity index is 618. The van der Waals surface area contributed by atoms with Gasteiger partial charge in [-0.2, -0.15) is 0 Å². The molecule has 0 atom stereocenters. The summed E-state index contributed by atoms with van der Waals surface area (Å²) in [6.45, 7) is 2.49. The van der Waals surface area contributed by atoms with Crippen LogP contribution in [0, 0.1) is 11.7 Å². The van der Waals surface area contributed by atoms with Crippen molar-refractivity contribution in [3.8, 4) is 11.5 Å². The minimum atomic E-state index is -0.303. The van der Waals surface area contributed by atoms with E-state index in [-0.39, 0.29) is 11.7 Å². The second kappa shape index (κ2) is 6.18. The number of aldehydes is 1. The number of piperidine rings is 1. The number of carbonyl (C=O) groups excluding carboxylic acids is 1. The van der Waals surface area contributed by atoms with Gasteiger partial charge in [-0.1, -0.05) is 6.07 Å². The number of carbonyl (C=O) groups is 1. The number of oxazole rings is 1. The molecule has 0 saturated carbocycles. The summed E-state index contributed by atoms with van der Waals surface area (Å²) in [6, 6.07) is 6.21. The number of rotatable bonds is 4. The van der Waals surface area contributed by atoms with E-state index in [1.807, 2.05) is 0 Å². The van der Waals surface area contributed by atoms with E-state index in [1.54, 1.807) is 18.4 Å². The number of aromatic nitrogens is 1. The zero-order valence-electron chi connectivity index (χ0n) is 11.7. The highest BCUT2D eigenvalue weighted by Gasteiger charge is 2.19. The molecule has 0 amide bonds. The Morgan fingerprint density at radius 1 is 1.38 bits per heavy atom. The summed E-state index contributed by atoms with van der Waals surface area (Å²) in [5.74, 6) is 0.330. The normalized spacial score (nSPS) is 17.0. The summed E-state index contributed by atoms with van der Waals surface area (Å²) < 4.78 is 18.6. The molecule has 0 aliphatic carbocycles. The molecule has 110 valence electrons. The number of hydrogen-bond acceptors (Lipinski definition) is 4. The minimum absolute atomic E-state index is 0.196. The minimum Gasteiger partial charge on any atom is -0.444 e. The maximum absolute atomic E-state index is 13.2. The third-order valence-corrected chi connectivity index (χ3v) is 3.83. The van der Waals surface area contributed by atoms with Crippen LogP contribution in [-0.4, -0.2) is 29.3 Å². The van der Waals surface area contributed by atoms with Gasteiger partial charge in [-0.3, -0.25) is 4.90 Å². The second-order valence-corrected chi connectivity index (χ2v) is 5.40. The van der Waals surface area contributed by atoms with Crippen molar-refractivity contribution in [2.75, 3.05) is 13.1 Å². The van der Waals surface area contributed by atoms with E-state index in [4.69, 9.17) is 4.42 Å². The van der Waals surface area contributed by atoms with Gasteiger partial charge in [0.25, 0.3) is 0 Å². The second-order valence-electron chi connectivity index (χ2n) is 5.40. The molecule has 0 bridgehead atoms. The molecule has 0 N–H and O–H groups in total. The van der Waals surface area contributed by atoms with Crippen LogP contribution in [-0.2, 0) is 11.3 Å². The van der Waals surface area contributed by atoms with Gasteiger partial charge in [0.1, 0.15) is 18.4 Å². The van der Waals surface area contributed by atoms with Gasteiger partial charge in [0.15, 0.2) is 0 Å². The van der Waals surface area contributed by atoms with E-state index >= 15 is 0 Å². The standard InChI is InChI=1S/C16H17FN2O2/c17-14-3-1-2-13(8-14)16-18-15(11-21-16)9-19-6-4-12(10-20)5-7-19/h1-3,8,10-12H,4-7,9H2. The fourth-order valence-electron chi connectivity index (χ4n) is 2.61. The van der Waals surface area contributed by atoms with Crippen molar-refractivity contribution in [1.82, 2.24) is 9.88 Å². The molecule has 1 saturated heterocycles. The summed E-state index contributed by atoms with van der Waals surface area (Å²) in [5.41, 5.74) is 1.47. The van der Waals surface area contributed by atoms with Crippen LogP contribution in [0.2, 0.25) is 0 Å². The summed E-state index contributed by atoms with van der Waals surface area (Å²) in [7, 11) is 0. The topological polar surface area (TPSA) is 46.3 Å². The number of hydrogen-bond donors (Lipinski definition) is 0. The van der Waals surface area contributed by atoms with Gasteiger partial charge in [-0.15, -0.1) is 0 Å². The van der Waals surface area contributed by atoms with Crippen LogP contribution >= 0.6 is 0 Å². The van der Waals surface area contributed by atoms with Crippen LogP contribution in [0.3, 0.4) is 0 Å². The van der Waals surface area contributed by atoms with E-state index < -0.39 is 0 Å². The fraction of sp³-hybridized carbons (Fsp3) is 0.375. The van der Waals surface area contributed by atoms with E-state index in [0.717, 1.165) is 37.9 Å². The molecule has 0 unspecified atom stereocenters. The van der Waals surface area contributed by atoms with Crippen molar-refractivity contribution in [2.24, 2.45) is 5.92 Å². The first-order valence-electron chi connectivity index (χ1n) is 7.12. The Kier molecular flexibility index (Phi) is 4.10. The molecule has 2 aromatic rings. The molecule has 21 heavy (non-hydrogen) atoms. The Balaban J connectivity index is 1.64. The monoisotopic (exact) mass is 288 g/mol. The molecular formula is C16H17FN2O2. The smallest absolute Gasteiger partial charge is 0.226 e. The Hall–Kier alpha value is -2.01. The highest BCUT2D eigenvalue weighted by molar-refractivity contribution is 5.54. The van der Waals surface area contributed by atoms with Gasteiger partial charge >= 0.3 is 0 Å². The number of nitrogens with zero attached hydrogens (tertiary/aromatic N) is 2. The third-order valence-electron chi connectivity index (χ3n) is 3.83. The van der Waals surface area contributed by atoms with Crippen molar-refractivity contribution >= 4 is 6.29 Å². The first-order valence-corrected chi connectivity index (χ1v) is 7.12. The largest absolute Gasteiger partial charge is 0.444 e. The molecule has 0 spiro atoms. The van der Waals surface area contributed by atoms with E-state index in [0.29, 0.717) is 18.0 Å². The van der Waals surface area contributed by atoms with Gasteiger partial charge in [-0.25, -0.2) is 9.37 Å². The summed E-state index contributed by atoms with van der Waals surface area (Å²) >= 11 is 0. The molecule has 2 heterocycles. The van der Waals surface area contributed by atoms with Crippen molar-refractivity contribution < 1.29 is 13.6 Å². The molecule has 4 nitrogen and oxygen atoms in total. The quantitative estimate of drug-likeness (QED) is 0.812. The summed E-state index contributed by atoms with van der Waals surface area (Å²) in [6.07, 6.45) is 4.47. The van der Waals surface area contributed by atoms with E-state index in [1.165, 1.54) is 12.1 Å². The van der Waals surface area contributed by atoms with Crippen LogP contribution in [0.4, 0.5) is 4.39 Å². The third kappa shape index (κ3) is 3.36. The van der Waals surface area contributed by atoms with Crippen molar-refractivity contribution in [1.29, 1.82) is 0 Å². The zero-order valence-corrected chi connectivity index (χ0v) is 11.7. The lowest BCUT2D eigenvalue weighted by Crippen LogP contribution is -2.33. The predicted octanol–water partition coefficient (Wildman–Crippen LogP) is 2.89. The molecule has 3 rings (SSSR count). The van der Waals surface area contributed by atoms with Crippen molar-refractivity contribution in [3.05, 3.63) is 42.0 Å². The highest BCUT2D eigenvalue weighted by atomic mass is 19.1. The lowest BCUT2D eigenvalue weighted by Gasteiger charge is -2.28. The van der Waals surface area contributed by atoms with Gasteiger partial charge in [0.05, 0.1) is 5.69 Å². The van der Waals surface area contributed by atoms with Gasteiger partial charge in [0.2, 0.25) is 5.89 Å². The van der Waals surface area contributed by atoms with Crippen molar-refractivity contribution in [3.63, 3.8) is 0 Å². The van der Waals surface area contributed by atoms with Crippen LogP contribution in [0.1, 0.15) is 18.5 Å². The molecule has 1 aliphatic heterocycles. The predicted molar refractivity (Wildman–Crippen MR) is 76.0 cm³/mol.